The second kappa shape index (κ2) is 16.9. The molecule has 0 atom stereocenters. The zero-order valence-corrected chi connectivity index (χ0v) is 36.7. The van der Waals surface area contributed by atoms with Crippen molar-refractivity contribution in [3.63, 3.8) is 0 Å². The van der Waals surface area contributed by atoms with Gasteiger partial charge in [-0.25, -0.2) is 0 Å². The molecule has 59 heavy (non-hydrogen) atoms. The van der Waals surface area contributed by atoms with Crippen molar-refractivity contribution in [1.29, 1.82) is 0 Å². The van der Waals surface area contributed by atoms with Crippen LogP contribution in [0.3, 0.4) is 0 Å². The molecule has 0 spiro atoms. The van der Waals surface area contributed by atoms with Crippen molar-refractivity contribution in [2.45, 2.75) is 72.6 Å². The van der Waals surface area contributed by atoms with Gasteiger partial charge in [-0.1, -0.05) is 139 Å². The van der Waals surface area contributed by atoms with Crippen LogP contribution < -0.4 is 0 Å². The second-order valence-electron chi connectivity index (χ2n) is 16.4. The molecule has 0 aliphatic rings. The fourth-order valence-corrected chi connectivity index (χ4v) is 7.53. The molecule has 9 rings (SSSR count). The van der Waals surface area contributed by atoms with Gasteiger partial charge in [0.2, 0.25) is 0 Å². The summed E-state index contributed by atoms with van der Waals surface area (Å²) >= 11 is 0. The van der Waals surface area contributed by atoms with Gasteiger partial charge in [0.25, 0.3) is 0 Å². The van der Waals surface area contributed by atoms with Gasteiger partial charge in [0.05, 0.1) is 22.4 Å². The van der Waals surface area contributed by atoms with E-state index in [0.717, 1.165) is 33.4 Å². The number of hydrogen-bond donors (Lipinski definition) is 0. The SMILES string of the molecule is CC(C)(C)c1ccc(-c2[c-]cc(F)cc2)nc1.[2H]C([2H])([2H])c1c[c-]c(-c2nc3ccccc3n2-c2c(C(C)C)cc(-c3ccccc3)cc2C(C)C)c2oc3ccccc3c12.[Ir]. The molecule has 0 saturated carbocycles. The number of furan rings is 1. The van der Waals surface area contributed by atoms with Gasteiger partial charge in [0.1, 0.15) is 5.58 Å². The minimum absolute atomic E-state index is 0. The van der Waals surface area contributed by atoms with Crippen LogP contribution in [-0.2, 0) is 25.5 Å². The van der Waals surface area contributed by atoms with E-state index in [9.17, 15) is 4.39 Å². The largest absolute Gasteiger partial charge is 0.501 e. The van der Waals surface area contributed by atoms with E-state index in [4.69, 9.17) is 13.5 Å². The van der Waals surface area contributed by atoms with E-state index in [0.29, 0.717) is 27.9 Å². The Bertz CT molecular complexity index is 2970. The molecule has 299 valence electrons. The first-order chi connectivity index (χ1) is 29.1. The van der Waals surface area contributed by atoms with Gasteiger partial charge >= 0.3 is 0 Å². The summed E-state index contributed by atoms with van der Waals surface area (Å²) in [4.78, 5) is 9.58. The third-order valence-electron chi connectivity index (χ3n) is 10.7. The van der Waals surface area contributed by atoms with Crippen LogP contribution >= 0.6 is 0 Å². The van der Waals surface area contributed by atoms with Crippen molar-refractivity contribution in [2.24, 2.45) is 0 Å². The first-order valence-corrected chi connectivity index (χ1v) is 19.8. The molecular weight excluding hydrogens is 906 g/mol. The van der Waals surface area contributed by atoms with Crippen LogP contribution in [0.5, 0.6) is 0 Å². The average Bonchev–Trinajstić information content (AvgIpc) is 3.82. The molecule has 0 saturated heterocycles. The molecule has 1 radical (unpaired) electrons. The second-order valence-corrected chi connectivity index (χ2v) is 16.4. The van der Waals surface area contributed by atoms with Crippen LogP contribution in [0, 0.1) is 24.8 Å². The summed E-state index contributed by atoms with van der Waals surface area (Å²) < 4.78 is 46.4. The smallest absolute Gasteiger partial charge is 0.120 e. The Morgan fingerprint density at radius 3 is 2.10 bits per heavy atom. The number of halogens is 1. The number of aromatic nitrogens is 3. The van der Waals surface area contributed by atoms with Gasteiger partial charge in [-0.3, -0.25) is 9.37 Å². The Morgan fingerprint density at radius 2 is 1.46 bits per heavy atom. The van der Waals surface area contributed by atoms with Gasteiger partial charge in [0, 0.05) is 47.3 Å². The van der Waals surface area contributed by atoms with E-state index >= 15 is 0 Å². The van der Waals surface area contributed by atoms with Crippen LogP contribution in [0.4, 0.5) is 4.39 Å². The van der Waals surface area contributed by atoms with E-state index in [1.54, 1.807) is 12.1 Å². The van der Waals surface area contributed by atoms with Crippen molar-refractivity contribution >= 4 is 33.0 Å². The average molecular weight is 957 g/mol. The van der Waals surface area contributed by atoms with E-state index in [2.05, 4.69) is 119 Å². The fourth-order valence-electron chi connectivity index (χ4n) is 7.53. The summed E-state index contributed by atoms with van der Waals surface area (Å²) in [7, 11) is 0. The molecule has 9 aromatic rings. The summed E-state index contributed by atoms with van der Waals surface area (Å²) in [5.74, 6) is 0.824. The first kappa shape index (κ1) is 37.6. The summed E-state index contributed by atoms with van der Waals surface area (Å²) in [6, 6.07) is 47.1. The number of rotatable bonds is 6. The third-order valence-corrected chi connectivity index (χ3v) is 10.7. The molecule has 0 bridgehead atoms. The molecule has 0 fully saturated rings. The van der Waals surface area contributed by atoms with Crippen molar-refractivity contribution in [1.82, 2.24) is 14.5 Å². The number of para-hydroxylation sites is 3. The van der Waals surface area contributed by atoms with Crippen LogP contribution in [0.15, 0.2) is 138 Å². The van der Waals surface area contributed by atoms with Gasteiger partial charge in [-0.05, 0) is 81.1 Å². The third kappa shape index (κ3) is 8.17. The van der Waals surface area contributed by atoms with Gasteiger partial charge in [-0.2, -0.15) is 0 Å². The Balaban J connectivity index is 0.000000270. The summed E-state index contributed by atoms with van der Waals surface area (Å²) in [5.41, 5.74) is 12.6. The number of fused-ring (bicyclic) bond motifs is 4. The minimum atomic E-state index is -2.33. The minimum Gasteiger partial charge on any atom is -0.501 e. The summed E-state index contributed by atoms with van der Waals surface area (Å²) in [5, 5.41) is 1.35. The molecule has 0 aliphatic heterocycles. The van der Waals surface area contributed by atoms with E-state index in [1.165, 1.54) is 39.9 Å². The first-order valence-electron chi connectivity index (χ1n) is 21.3. The molecule has 0 amide bonds. The molecule has 0 unspecified atom stereocenters. The quantitative estimate of drug-likeness (QED) is 0.156. The van der Waals surface area contributed by atoms with Crippen LogP contribution in [-0.4, -0.2) is 14.5 Å². The number of hydrogen-bond acceptors (Lipinski definition) is 3. The van der Waals surface area contributed by atoms with Crippen LogP contribution in [0.1, 0.15) is 86.7 Å². The van der Waals surface area contributed by atoms with E-state index in [-0.39, 0.29) is 48.7 Å². The maximum Gasteiger partial charge on any atom is 0.120 e. The van der Waals surface area contributed by atoms with Crippen molar-refractivity contribution in [2.75, 3.05) is 0 Å². The van der Waals surface area contributed by atoms with Crippen molar-refractivity contribution < 1.29 is 33.0 Å². The van der Waals surface area contributed by atoms with Gasteiger partial charge in [0.15, 0.2) is 0 Å². The van der Waals surface area contributed by atoms with Crippen LogP contribution in [0.25, 0.3) is 72.4 Å². The van der Waals surface area contributed by atoms with Gasteiger partial charge in [-0.15, -0.1) is 47.5 Å². The molecule has 3 aromatic heterocycles. The molecule has 0 aliphatic carbocycles. The molecule has 4 nitrogen and oxygen atoms in total. The monoisotopic (exact) mass is 957 g/mol. The standard InChI is InChI=1S/C38H33N2O.C15H15FN.Ir/c1-23(2)30-21-27(26-13-7-6-8-14-26)22-31(24(3)4)36(30)40-33-17-11-10-16-32(33)39-38(40)29-20-19-25(5)35-28-15-9-12-18-34(28)41-37(29)35;1-15(2,3)12-6-9-14(17-10-12)11-4-7-13(16)8-5-11;/h6-19,21-24H,1-5H3;4,6-10H,1-3H3;/q2*-1;/i5D3;;. The zero-order chi connectivity index (χ0) is 43.2. The van der Waals surface area contributed by atoms with Crippen molar-refractivity contribution in [3.8, 4) is 39.5 Å². The Morgan fingerprint density at radius 1 is 0.763 bits per heavy atom. The number of nitrogens with zero attached hydrogens (tertiary/aromatic N) is 3. The molecular formula is C53H48FIrN3O-2. The van der Waals surface area contributed by atoms with E-state index in [1.807, 2.05) is 60.8 Å². The number of benzene rings is 6. The number of pyridine rings is 1. The molecule has 6 aromatic carbocycles. The number of imidazole rings is 1. The predicted octanol–water partition coefficient (Wildman–Crippen LogP) is 14.6. The van der Waals surface area contributed by atoms with Crippen LogP contribution in [0.2, 0.25) is 0 Å². The van der Waals surface area contributed by atoms with Crippen molar-refractivity contribution in [3.05, 3.63) is 174 Å². The maximum absolute atomic E-state index is 12.8. The molecule has 3 heterocycles. The fraction of sp³-hybridized carbons (Fsp3) is 0.208. The Hall–Kier alpha value is -5.68. The topological polar surface area (TPSA) is 43.9 Å². The summed E-state index contributed by atoms with van der Waals surface area (Å²) in [6.45, 7) is 13.0. The zero-order valence-electron chi connectivity index (χ0n) is 37.3. The molecule has 6 heteroatoms. The Labute approximate surface area is 364 Å². The Kier molecular flexibility index (Phi) is 10.8. The summed E-state index contributed by atoms with van der Waals surface area (Å²) in [6.07, 6.45) is 1.87. The normalized spacial score (nSPS) is 12.6. The van der Waals surface area contributed by atoms with E-state index < -0.39 is 6.85 Å². The predicted molar refractivity (Wildman–Crippen MR) is 238 cm³/mol. The maximum atomic E-state index is 12.8. The molecule has 0 N–H and O–H groups in total. The van der Waals surface area contributed by atoms with Gasteiger partial charge < -0.3 is 14.0 Å². The number of aryl methyl sites for hydroxylation is 1.